The van der Waals surface area contributed by atoms with Gasteiger partial charge in [-0.3, -0.25) is 9.36 Å². The minimum atomic E-state index is -1.49. The van der Waals surface area contributed by atoms with Crippen molar-refractivity contribution in [3.8, 4) is 0 Å². The Kier molecular flexibility index (Phi) is 2.49. The van der Waals surface area contributed by atoms with Crippen LogP contribution in [0.2, 0.25) is 0 Å². The predicted molar refractivity (Wildman–Crippen MR) is 64.4 cm³/mol. The Balaban J connectivity index is 2.16. The number of H-pyrrole nitrogens is 1. The van der Waals surface area contributed by atoms with Crippen LogP contribution >= 0.6 is 0 Å². The molecule has 19 heavy (non-hydrogen) atoms. The maximum atomic E-state index is 11.6. The third kappa shape index (κ3) is 1.61. The first kappa shape index (κ1) is 12.3. The van der Waals surface area contributed by atoms with Crippen LogP contribution < -0.4 is 5.56 Å². The number of aliphatic hydroxyl groups is 2. The van der Waals surface area contributed by atoms with Gasteiger partial charge in [-0.05, 0) is 13.8 Å². The van der Waals surface area contributed by atoms with E-state index in [0.717, 1.165) is 0 Å². The van der Waals surface area contributed by atoms with Gasteiger partial charge in [-0.1, -0.05) is 0 Å². The monoisotopic (exact) mass is 266 g/mol. The summed E-state index contributed by atoms with van der Waals surface area (Å²) < 4.78 is 7.01. The lowest BCUT2D eigenvalue weighted by molar-refractivity contribution is -0.0936. The molecule has 1 fully saturated rings. The van der Waals surface area contributed by atoms with Gasteiger partial charge in [0.2, 0.25) is 0 Å². The van der Waals surface area contributed by atoms with E-state index in [4.69, 9.17) is 4.74 Å². The second-order valence-electron chi connectivity index (χ2n) is 4.92. The molecule has 2 aromatic rings. The van der Waals surface area contributed by atoms with E-state index in [-0.39, 0.29) is 11.1 Å². The number of hydrogen-bond acceptors (Lipinski definition) is 6. The zero-order valence-electron chi connectivity index (χ0n) is 10.4. The van der Waals surface area contributed by atoms with Crippen LogP contribution in [-0.2, 0) is 4.74 Å². The minimum absolute atomic E-state index is 0.163. The van der Waals surface area contributed by atoms with Gasteiger partial charge in [-0.15, -0.1) is 0 Å². The van der Waals surface area contributed by atoms with Crippen LogP contribution in [0.4, 0.5) is 0 Å². The molecule has 0 radical (unpaired) electrons. The standard InChI is InChI=1S/C11H14N4O4/c1-5-7(16)11(2,18)10(19-5)15-4-14-6-8(15)12-3-13-9(6)17/h3-5,7,10,16,18H,1-2H3,(H,12,13,17)/t5-,7?,10-,11?/m1/s1. The number of hydrogen-bond donors (Lipinski definition) is 3. The van der Waals surface area contributed by atoms with Gasteiger partial charge in [0.05, 0.1) is 18.8 Å². The van der Waals surface area contributed by atoms with Gasteiger partial charge in [-0.2, -0.15) is 0 Å². The molecular weight excluding hydrogens is 252 g/mol. The van der Waals surface area contributed by atoms with E-state index in [9.17, 15) is 15.0 Å². The van der Waals surface area contributed by atoms with Gasteiger partial charge in [0.15, 0.2) is 17.4 Å². The summed E-state index contributed by atoms with van der Waals surface area (Å²) in [6, 6.07) is 0. The number of fused-ring (bicyclic) bond motifs is 1. The van der Waals surface area contributed by atoms with Crippen LogP contribution in [0.15, 0.2) is 17.4 Å². The average molecular weight is 266 g/mol. The number of imidazole rings is 1. The molecule has 4 atom stereocenters. The number of ether oxygens (including phenoxy) is 1. The summed E-state index contributed by atoms with van der Waals surface area (Å²) in [6.45, 7) is 3.14. The Hall–Kier alpha value is -1.77. The molecular formula is C11H14N4O4. The smallest absolute Gasteiger partial charge is 0.278 e. The fraction of sp³-hybridized carbons (Fsp3) is 0.545. The van der Waals surface area contributed by atoms with E-state index in [2.05, 4.69) is 15.0 Å². The first-order valence-electron chi connectivity index (χ1n) is 5.89. The molecule has 8 heteroatoms. The van der Waals surface area contributed by atoms with Gasteiger partial charge >= 0.3 is 0 Å². The Bertz CT molecular complexity index is 677. The first-order chi connectivity index (χ1) is 8.93. The highest BCUT2D eigenvalue weighted by atomic mass is 16.6. The number of rotatable bonds is 1. The number of nitrogens with one attached hydrogen (secondary N) is 1. The molecule has 2 unspecified atom stereocenters. The van der Waals surface area contributed by atoms with Crippen LogP contribution in [0.5, 0.6) is 0 Å². The van der Waals surface area contributed by atoms with Crippen molar-refractivity contribution in [2.75, 3.05) is 0 Å². The van der Waals surface area contributed by atoms with Crippen molar-refractivity contribution in [3.05, 3.63) is 23.0 Å². The Morgan fingerprint density at radius 1 is 1.53 bits per heavy atom. The zero-order chi connectivity index (χ0) is 13.8. The summed E-state index contributed by atoms with van der Waals surface area (Å²) in [4.78, 5) is 22.0. The maximum Gasteiger partial charge on any atom is 0.278 e. The van der Waals surface area contributed by atoms with Gasteiger partial charge in [-0.25, -0.2) is 9.97 Å². The van der Waals surface area contributed by atoms with E-state index in [1.165, 1.54) is 24.1 Å². The lowest BCUT2D eigenvalue weighted by atomic mass is 9.97. The fourth-order valence-corrected chi connectivity index (χ4v) is 2.42. The molecule has 0 bridgehead atoms. The maximum absolute atomic E-state index is 11.6. The molecule has 102 valence electrons. The molecule has 0 amide bonds. The van der Waals surface area contributed by atoms with Crippen LogP contribution in [0, 0.1) is 0 Å². The van der Waals surface area contributed by atoms with Crippen molar-refractivity contribution in [1.29, 1.82) is 0 Å². The molecule has 3 rings (SSSR count). The number of aromatic amines is 1. The second kappa shape index (κ2) is 3.86. The van der Waals surface area contributed by atoms with Crippen LogP contribution in [0.25, 0.3) is 11.2 Å². The van der Waals surface area contributed by atoms with Crippen molar-refractivity contribution in [3.63, 3.8) is 0 Å². The molecule has 0 spiro atoms. The van der Waals surface area contributed by atoms with Crippen molar-refractivity contribution in [1.82, 2.24) is 19.5 Å². The summed E-state index contributed by atoms with van der Waals surface area (Å²) in [5, 5.41) is 20.3. The topological polar surface area (TPSA) is 113 Å². The van der Waals surface area contributed by atoms with Crippen molar-refractivity contribution < 1.29 is 14.9 Å². The molecule has 1 saturated heterocycles. The lowest BCUT2D eigenvalue weighted by Gasteiger charge is -2.27. The Labute approximate surface area is 107 Å². The van der Waals surface area contributed by atoms with Gasteiger partial charge < -0.3 is 19.9 Å². The summed E-state index contributed by atoms with van der Waals surface area (Å²) in [6.07, 6.45) is 0.219. The van der Waals surface area contributed by atoms with E-state index >= 15 is 0 Å². The molecule has 8 nitrogen and oxygen atoms in total. The molecule has 3 N–H and O–H groups in total. The largest absolute Gasteiger partial charge is 0.387 e. The second-order valence-corrected chi connectivity index (χ2v) is 4.92. The molecule has 0 aliphatic carbocycles. The van der Waals surface area contributed by atoms with E-state index < -0.39 is 24.0 Å². The van der Waals surface area contributed by atoms with Crippen molar-refractivity contribution in [2.24, 2.45) is 0 Å². The zero-order valence-corrected chi connectivity index (χ0v) is 10.4. The first-order valence-corrected chi connectivity index (χ1v) is 5.89. The third-order valence-corrected chi connectivity index (χ3v) is 3.50. The van der Waals surface area contributed by atoms with E-state index in [1.807, 2.05) is 0 Å². The molecule has 0 aromatic carbocycles. The quantitative estimate of drug-likeness (QED) is 0.619. The van der Waals surface area contributed by atoms with Crippen molar-refractivity contribution >= 4 is 11.2 Å². The minimum Gasteiger partial charge on any atom is -0.387 e. The highest BCUT2D eigenvalue weighted by Crippen LogP contribution is 2.38. The fourth-order valence-electron chi connectivity index (χ4n) is 2.42. The van der Waals surface area contributed by atoms with Gasteiger partial charge in [0.1, 0.15) is 11.7 Å². The number of nitrogens with zero attached hydrogens (tertiary/aromatic N) is 3. The highest BCUT2D eigenvalue weighted by Gasteiger charge is 2.51. The molecule has 2 aromatic heterocycles. The van der Waals surface area contributed by atoms with Crippen molar-refractivity contribution in [2.45, 2.75) is 37.9 Å². The Morgan fingerprint density at radius 3 is 2.89 bits per heavy atom. The third-order valence-electron chi connectivity index (χ3n) is 3.50. The van der Waals surface area contributed by atoms with Gasteiger partial charge in [0.25, 0.3) is 5.56 Å². The normalized spacial score (nSPS) is 35.1. The average Bonchev–Trinajstić information content (AvgIpc) is 2.86. The summed E-state index contributed by atoms with van der Waals surface area (Å²) in [5.41, 5.74) is -1.39. The lowest BCUT2D eigenvalue weighted by Crippen LogP contribution is -2.43. The predicted octanol–water partition coefficient (Wildman–Crippen LogP) is -0.851. The highest BCUT2D eigenvalue weighted by molar-refractivity contribution is 5.68. The summed E-state index contributed by atoms with van der Waals surface area (Å²) in [5.74, 6) is 0. The van der Waals surface area contributed by atoms with E-state index in [0.29, 0.717) is 5.65 Å². The SMILES string of the molecule is C[C@H]1O[C@@H](n2cnc3c(=O)[nH]cnc32)C(C)(O)C1O. The van der Waals surface area contributed by atoms with Gasteiger partial charge in [0, 0.05) is 0 Å². The van der Waals surface area contributed by atoms with E-state index in [1.54, 1.807) is 6.92 Å². The summed E-state index contributed by atoms with van der Waals surface area (Å²) >= 11 is 0. The molecule has 3 heterocycles. The molecule has 0 saturated carbocycles. The van der Waals surface area contributed by atoms with Crippen LogP contribution in [0.3, 0.4) is 0 Å². The molecule has 1 aliphatic heterocycles. The number of aliphatic hydroxyl groups excluding tert-OH is 1. The van der Waals surface area contributed by atoms with Crippen LogP contribution in [0.1, 0.15) is 20.1 Å². The number of aromatic nitrogens is 4. The molecule has 1 aliphatic rings. The summed E-state index contributed by atoms with van der Waals surface area (Å²) in [7, 11) is 0. The Morgan fingerprint density at radius 2 is 2.26 bits per heavy atom. The van der Waals surface area contributed by atoms with Crippen LogP contribution in [-0.4, -0.2) is 47.5 Å².